The van der Waals surface area contributed by atoms with Gasteiger partial charge in [-0.3, -0.25) is 14.4 Å². The highest BCUT2D eigenvalue weighted by Crippen LogP contribution is 2.66. The molecule has 0 bridgehead atoms. The maximum absolute atomic E-state index is 15.2. The number of rotatable bonds is 6. The van der Waals surface area contributed by atoms with Crippen molar-refractivity contribution in [2.75, 3.05) is 29.5 Å². The Morgan fingerprint density at radius 2 is 1.38 bits per heavy atom. The normalized spacial score (nSPS) is 28.7. The third-order valence-electron chi connectivity index (χ3n) is 10.5. The number of anilines is 2. The molecular formula is C40H37N3O4S. The Hall–Kier alpha value is -4.66. The van der Waals surface area contributed by atoms with Crippen molar-refractivity contribution in [1.82, 2.24) is 4.90 Å². The van der Waals surface area contributed by atoms with Gasteiger partial charge in [-0.15, -0.1) is 11.8 Å². The van der Waals surface area contributed by atoms with Gasteiger partial charge in [-0.1, -0.05) is 103 Å². The van der Waals surface area contributed by atoms with Crippen molar-refractivity contribution in [3.63, 3.8) is 0 Å². The molecule has 1 spiro atoms. The van der Waals surface area contributed by atoms with Crippen LogP contribution < -0.4 is 9.80 Å². The zero-order valence-electron chi connectivity index (χ0n) is 26.7. The van der Waals surface area contributed by atoms with Crippen LogP contribution in [-0.2, 0) is 20.8 Å². The third-order valence-corrected chi connectivity index (χ3v) is 12.3. The van der Waals surface area contributed by atoms with E-state index >= 15 is 9.59 Å². The Labute approximate surface area is 284 Å². The van der Waals surface area contributed by atoms with Gasteiger partial charge >= 0.3 is 0 Å². The maximum atomic E-state index is 15.2. The first-order valence-electron chi connectivity index (χ1n) is 16.5. The van der Waals surface area contributed by atoms with E-state index in [0.29, 0.717) is 19.5 Å². The van der Waals surface area contributed by atoms with Gasteiger partial charge in [0.25, 0.3) is 5.91 Å². The molecule has 4 aromatic carbocycles. The van der Waals surface area contributed by atoms with Crippen LogP contribution in [0, 0.1) is 11.8 Å². The number of hydrogen-bond donors (Lipinski definition) is 1. The second kappa shape index (κ2) is 11.8. The van der Waals surface area contributed by atoms with E-state index in [0.717, 1.165) is 27.7 Å². The Morgan fingerprint density at radius 1 is 0.729 bits per heavy atom. The molecular weight excluding hydrogens is 619 g/mol. The molecule has 0 aromatic heterocycles. The molecule has 242 valence electrons. The molecule has 7 nitrogen and oxygen atoms in total. The fourth-order valence-corrected chi connectivity index (χ4v) is 10.6. The SMILES string of the molecule is C[C@@]12C=CCN(c3ccccc3)C(=O)[C@@H]1[C@H]1C(=O)N([C@@H](CO)Cc3ccccc3)C3C(=O)N(c4ccc5ccccc5c4)CC=C[C@@]31S2. The molecule has 1 N–H and O–H groups in total. The Morgan fingerprint density at radius 3 is 2.10 bits per heavy atom. The van der Waals surface area contributed by atoms with Gasteiger partial charge in [0.1, 0.15) is 6.04 Å². The van der Waals surface area contributed by atoms with Crippen LogP contribution in [0.3, 0.4) is 0 Å². The topological polar surface area (TPSA) is 81.2 Å². The molecule has 0 aliphatic carbocycles. The molecule has 2 fully saturated rings. The average Bonchev–Trinajstić information content (AvgIpc) is 3.38. The highest BCUT2D eigenvalue weighted by Gasteiger charge is 2.74. The predicted molar refractivity (Wildman–Crippen MR) is 191 cm³/mol. The molecule has 4 aliphatic heterocycles. The summed E-state index contributed by atoms with van der Waals surface area (Å²) in [5, 5.41) is 13.0. The van der Waals surface area contributed by atoms with E-state index in [1.54, 1.807) is 26.5 Å². The minimum atomic E-state index is -1.02. The molecule has 48 heavy (non-hydrogen) atoms. The van der Waals surface area contributed by atoms with Crippen molar-refractivity contribution in [2.24, 2.45) is 11.8 Å². The molecule has 8 heteroatoms. The van der Waals surface area contributed by atoms with E-state index in [4.69, 9.17) is 0 Å². The summed E-state index contributed by atoms with van der Waals surface area (Å²) in [7, 11) is 0. The van der Waals surface area contributed by atoms with Crippen LogP contribution >= 0.6 is 11.8 Å². The van der Waals surface area contributed by atoms with Gasteiger partial charge in [0.05, 0.1) is 29.2 Å². The van der Waals surface area contributed by atoms with Gasteiger partial charge in [-0.2, -0.15) is 0 Å². The summed E-state index contributed by atoms with van der Waals surface area (Å²) in [5.74, 6) is -2.12. The largest absolute Gasteiger partial charge is 0.394 e. The number of para-hydroxylation sites is 1. The average molecular weight is 656 g/mol. The highest BCUT2D eigenvalue weighted by atomic mass is 32.2. The lowest BCUT2D eigenvalue weighted by atomic mass is 9.74. The number of carbonyl (C=O) groups excluding carboxylic acids is 3. The third kappa shape index (κ3) is 4.72. The van der Waals surface area contributed by atoms with E-state index in [1.165, 1.54) is 0 Å². The zero-order chi connectivity index (χ0) is 33.0. The molecule has 0 saturated carbocycles. The lowest BCUT2D eigenvalue weighted by Gasteiger charge is -2.40. The minimum absolute atomic E-state index is 0.128. The van der Waals surface area contributed by atoms with Crippen molar-refractivity contribution < 1.29 is 19.5 Å². The molecule has 1 unspecified atom stereocenters. The molecule has 3 amide bonds. The molecule has 4 heterocycles. The van der Waals surface area contributed by atoms with E-state index in [2.05, 4.69) is 6.08 Å². The van der Waals surface area contributed by atoms with E-state index in [-0.39, 0.29) is 24.3 Å². The summed E-state index contributed by atoms with van der Waals surface area (Å²) in [5.41, 5.74) is 2.47. The number of benzene rings is 4. The Balaban J connectivity index is 1.27. The highest BCUT2D eigenvalue weighted by molar-refractivity contribution is 8.02. The molecule has 4 aromatic rings. The summed E-state index contributed by atoms with van der Waals surface area (Å²) in [4.78, 5) is 50.2. The van der Waals surface area contributed by atoms with Gasteiger partial charge in [0, 0.05) is 29.2 Å². The molecule has 6 atom stereocenters. The monoisotopic (exact) mass is 655 g/mol. The van der Waals surface area contributed by atoms with E-state index < -0.39 is 33.4 Å². The first-order valence-corrected chi connectivity index (χ1v) is 17.4. The smallest absolute Gasteiger partial charge is 0.251 e. The number of aliphatic hydroxyl groups is 1. The van der Waals surface area contributed by atoms with E-state index in [1.807, 2.05) is 128 Å². The molecule has 2 saturated heterocycles. The second-order valence-electron chi connectivity index (χ2n) is 13.3. The summed E-state index contributed by atoms with van der Waals surface area (Å²) in [6.07, 6.45) is 8.50. The number of likely N-dealkylation sites (tertiary alicyclic amines) is 1. The Kier molecular flexibility index (Phi) is 7.53. The standard InChI is InChI=1S/C40H37N3O4S/c1-39-20-10-22-41(30-16-6-3-7-17-30)36(45)33(39)34-37(46)43(32(26-44)24-27-12-4-2-5-13-27)35-38(47)42(23-11-21-40(34,35)48-39)31-19-18-28-14-8-9-15-29(28)25-31/h2-21,25,32-35,44H,22-24,26H2,1H3/t32-,33+,34+,35?,39-,40+/m1/s1. The number of nitrogens with zero attached hydrogens (tertiary/aromatic N) is 3. The molecule has 8 rings (SSSR count). The van der Waals surface area contributed by atoms with Crippen LogP contribution in [0.5, 0.6) is 0 Å². The number of hydrogen-bond acceptors (Lipinski definition) is 5. The fraction of sp³-hybridized carbons (Fsp3) is 0.275. The number of amides is 3. The quantitative estimate of drug-likeness (QED) is 0.272. The fourth-order valence-electron chi connectivity index (χ4n) is 8.41. The van der Waals surface area contributed by atoms with E-state index in [9.17, 15) is 9.90 Å². The lowest BCUT2D eigenvalue weighted by Crippen LogP contribution is -2.57. The van der Waals surface area contributed by atoms with Gasteiger partial charge in [-0.05, 0) is 53.9 Å². The summed E-state index contributed by atoms with van der Waals surface area (Å²) in [6.45, 7) is 2.44. The number of carbonyl (C=O) groups is 3. The summed E-state index contributed by atoms with van der Waals surface area (Å²) in [6, 6.07) is 31.7. The summed E-state index contributed by atoms with van der Waals surface area (Å²) >= 11 is 1.56. The first kappa shape index (κ1) is 30.7. The van der Waals surface area contributed by atoms with Gasteiger partial charge in [0.2, 0.25) is 11.8 Å². The lowest BCUT2D eigenvalue weighted by molar-refractivity contribution is -0.142. The second-order valence-corrected chi connectivity index (χ2v) is 15.1. The Bertz CT molecular complexity index is 1970. The van der Waals surface area contributed by atoms with Crippen molar-refractivity contribution in [2.45, 2.75) is 34.9 Å². The van der Waals surface area contributed by atoms with Crippen molar-refractivity contribution in [1.29, 1.82) is 0 Å². The van der Waals surface area contributed by atoms with Crippen LogP contribution in [0.4, 0.5) is 11.4 Å². The van der Waals surface area contributed by atoms with Crippen LogP contribution in [0.2, 0.25) is 0 Å². The zero-order valence-corrected chi connectivity index (χ0v) is 27.5. The minimum Gasteiger partial charge on any atom is -0.394 e. The van der Waals surface area contributed by atoms with Crippen molar-refractivity contribution in [3.8, 4) is 0 Å². The van der Waals surface area contributed by atoms with Gasteiger partial charge < -0.3 is 19.8 Å². The van der Waals surface area contributed by atoms with Crippen LogP contribution in [0.1, 0.15) is 12.5 Å². The predicted octanol–water partition coefficient (Wildman–Crippen LogP) is 5.64. The number of thioether (sulfide) groups is 1. The van der Waals surface area contributed by atoms with Gasteiger partial charge in [0.15, 0.2) is 0 Å². The van der Waals surface area contributed by atoms with Crippen LogP contribution in [-0.4, -0.2) is 69.0 Å². The summed E-state index contributed by atoms with van der Waals surface area (Å²) < 4.78 is -1.76. The maximum Gasteiger partial charge on any atom is 0.251 e. The number of fused-ring (bicyclic) bond motifs is 3. The molecule has 4 aliphatic rings. The van der Waals surface area contributed by atoms with Crippen LogP contribution in [0.15, 0.2) is 127 Å². The van der Waals surface area contributed by atoms with Gasteiger partial charge in [-0.25, -0.2) is 0 Å². The van der Waals surface area contributed by atoms with Crippen LogP contribution in [0.25, 0.3) is 10.8 Å². The molecule has 0 radical (unpaired) electrons. The number of aliphatic hydroxyl groups excluding tert-OH is 1. The van der Waals surface area contributed by atoms with Crippen molar-refractivity contribution in [3.05, 3.63) is 133 Å². The van der Waals surface area contributed by atoms with Crippen molar-refractivity contribution >= 4 is 51.6 Å². The first-order chi connectivity index (χ1) is 23.3.